The largest absolute Gasteiger partial charge is 0.548 e. The molecule has 0 saturated heterocycles. The highest BCUT2D eigenvalue weighted by Gasteiger charge is 2.29. The Labute approximate surface area is 199 Å². The van der Waals surface area contributed by atoms with Gasteiger partial charge in [-0.25, -0.2) is 0 Å². The average molecular weight is 464 g/mol. The fourth-order valence-corrected chi connectivity index (χ4v) is 4.90. The maximum absolute atomic E-state index is 10.5. The molecule has 0 bridgehead atoms. The molecule has 2 aromatic carbocycles. The summed E-state index contributed by atoms with van der Waals surface area (Å²) in [6.45, 7) is 7.03. The molecular formula is C27H33N3O4. The molecule has 0 saturated carbocycles. The molecule has 5 rings (SSSR count). The van der Waals surface area contributed by atoms with Crippen LogP contribution in [0.5, 0.6) is 5.75 Å². The number of para-hydroxylation sites is 1. The third-order valence-corrected chi connectivity index (χ3v) is 6.40. The van der Waals surface area contributed by atoms with Gasteiger partial charge in [0.1, 0.15) is 5.75 Å². The van der Waals surface area contributed by atoms with Gasteiger partial charge >= 0.3 is 0 Å². The number of aromatic nitrogens is 1. The van der Waals surface area contributed by atoms with E-state index in [1.807, 2.05) is 13.8 Å². The third-order valence-electron chi connectivity index (χ3n) is 6.40. The summed E-state index contributed by atoms with van der Waals surface area (Å²) in [6, 6.07) is 14.9. The second-order valence-corrected chi connectivity index (χ2v) is 9.48. The van der Waals surface area contributed by atoms with Gasteiger partial charge in [0.25, 0.3) is 0 Å². The maximum atomic E-state index is 10.5. The minimum Gasteiger partial charge on any atom is -0.548 e. The lowest BCUT2D eigenvalue weighted by atomic mass is 9.93. The van der Waals surface area contributed by atoms with Gasteiger partial charge in [-0.1, -0.05) is 32.0 Å². The number of carbonyl (C=O) groups excluding carboxylic acids is 2. The zero-order chi connectivity index (χ0) is 24.2. The zero-order valence-corrected chi connectivity index (χ0v) is 20.0. The summed E-state index contributed by atoms with van der Waals surface area (Å²) in [6.07, 6.45) is 2.58. The van der Waals surface area contributed by atoms with Crippen LogP contribution in [0.15, 0.2) is 42.5 Å². The summed E-state index contributed by atoms with van der Waals surface area (Å²) in [5.41, 5.74) is 6.88. The lowest BCUT2D eigenvalue weighted by Crippen LogP contribution is -2.87. The van der Waals surface area contributed by atoms with Crippen LogP contribution in [0, 0.1) is 5.92 Å². The minimum absolute atomic E-state index is 0.222. The van der Waals surface area contributed by atoms with Crippen LogP contribution in [0.2, 0.25) is 0 Å². The minimum atomic E-state index is -1.22. The van der Waals surface area contributed by atoms with Gasteiger partial charge in [0, 0.05) is 36.2 Å². The predicted molar refractivity (Wildman–Crippen MR) is 128 cm³/mol. The first kappa shape index (κ1) is 23.8. The van der Waals surface area contributed by atoms with Gasteiger partial charge in [-0.15, -0.1) is 0 Å². The number of carboxylic acid groups (broad SMARTS) is 1. The quantitative estimate of drug-likeness (QED) is 0.534. The van der Waals surface area contributed by atoms with E-state index in [4.69, 9.17) is 4.74 Å². The van der Waals surface area contributed by atoms with Crippen molar-refractivity contribution in [3.05, 3.63) is 64.8 Å². The van der Waals surface area contributed by atoms with Gasteiger partial charge in [0.05, 0.1) is 30.9 Å². The lowest BCUT2D eigenvalue weighted by molar-refractivity contribution is -0.690. The molecule has 2 aliphatic rings. The molecule has 0 spiro atoms. The molecule has 1 amide bonds. The van der Waals surface area contributed by atoms with Crippen molar-refractivity contribution in [3.63, 3.8) is 0 Å². The Balaban J connectivity index is 0.000000197. The Bertz CT molecular complexity index is 1180. The summed E-state index contributed by atoms with van der Waals surface area (Å²) in [5.74, 6) is -0.278. The number of nitrogens with one attached hydrogen (secondary N) is 2. The van der Waals surface area contributed by atoms with E-state index in [0.29, 0.717) is 12.5 Å². The number of hydrogen-bond donors (Lipinski definition) is 3. The molecule has 1 unspecified atom stereocenters. The van der Waals surface area contributed by atoms with Crippen LogP contribution in [-0.4, -0.2) is 36.1 Å². The Morgan fingerprint density at radius 1 is 1.21 bits per heavy atom. The SMILES string of the molecule is CC(=O)N[C@H](CC(C)C)C(=O)[O-].c1ccc2c3c([nH]c2c1)C(c1ccc2c(c1)CCO2)[NH2+]CC3. The third kappa shape index (κ3) is 5.25. The van der Waals surface area contributed by atoms with Crippen LogP contribution < -0.4 is 20.5 Å². The van der Waals surface area contributed by atoms with Gasteiger partial charge in [0.2, 0.25) is 5.91 Å². The molecule has 3 aromatic rings. The zero-order valence-electron chi connectivity index (χ0n) is 20.0. The number of H-pyrrole nitrogens is 1. The average Bonchev–Trinajstić information content (AvgIpc) is 3.42. The number of fused-ring (bicyclic) bond motifs is 4. The first-order valence-electron chi connectivity index (χ1n) is 12.0. The normalized spacial score (nSPS) is 17.2. The van der Waals surface area contributed by atoms with Crippen LogP contribution in [0.1, 0.15) is 55.6 Å². The van der Waals surface area contributed by atoms with Gasteiger partial charge < -0.3 is 30.3 Å². The number of nitrogens with two attached hydrogens (primary N) is 1. The van der Waals surface area contributed by atoms with Crippen molar-refractivity contribution in [1.29, 1.82) is 0 Å². The van der Waals surface area contributed by atoms with E-state index < -0.39 is 12.0 Å². The molecule has 0 fully saturated rings. The number of hydrogen-bond acceptors (Lipinski definition) is 4. The fraction of sp³-hybridized carbons (Fsp3) is 0.407. The van der Waals surface area contributed by atoms with Gasteiger partial charge in [-0.2, -0.15) is 0 Å². The number of ether oxygens (including phenoxy) is 1. The van der Waals surface area contributed by atoms with Crippen molar-refractivity contribution in [2.45, 2.75) is 52.1 Å². The molecule has 2 aliphatic heterocycles. The Kier molecular flexibility index (Phi) is 7.22. The van der Waals surface area contributed by atoms with Crippen molar-refractivity contribution in [2.24, 2.45) is 5.92 Å². The Morgan fingerprint density at radius 3 is 2.74 bits per heavy atom. The molecule has 7 nitrogen and oxygen atoms in total. The summed E-state index contributed by atoms with van der Waals surface area (Å²) in [4.78, 5) is 24.7. The molecule has 0 radical (unpaired) electrons. The number of quaternary nitrogens is 1. The standard InChI is InChI=1S/C19H18N2O.C8H15NO3/c1-2-4-16-14(3-1)15-7-9-20-18(19(15)21-16)13-5-6-17-12(11-13)8-10-22-17;1-5(2)4-7(8(11)12)9-6(3)10/h1-6,11,18,20-21H,7-10H2;5,7H,4H2,1-3H3,(H,9,10)(H,11,12)/t;7-/m.1/s1. The second kappa shape index (κ2) is 10.3. The number of rotatable bonds is 5. The molecule has 0 aliphatic carbocycles. The summed E-state index contributed by atoms with van der Waals surface area (Å²) in [5, 5.41) is 16.6. The fourth-order valence-electron chi connectivity index (χ4n) is 4.90. The Hall–Kier alpha value is -3.32. The molecule has 3 heterocycles. The number of aromatic amines is 1. The van der Waals surface area contributed by atoms with E-state index >= 15 is 0 Å². The van der Waals surface area contributed by atoms with Crippen molar-refractivity contribution in [1.82, 2.24) is 10.3 Å². The van der Waals surface area contributed by atoms with Gasteiger partial charge in [-0.3, -0.25) is 4.79 Å². The monoisotopic (exact) mass is 463 g/mol. The first-order chi connectivity index (χ1) is 16.3. The molecule has 4 N–H and O–H groups in total. The number of amides is 1. The maximum Gasteiger partial charge on any atom is 0.217 e. The molecule has 34 heavy (non-hydrogen) atoms. The lowest BCUT2D eigenvalue weighted by Gasteiger charge is -2.22. The number of benzene rings is 2. The summed E-state index contributed by atoms with van der Waals surface area (Å²) in [7, 11) is 0. The highest BCUT2D eigenvalue weighted by molar-refractivity contribution is 5.85. The molecule has 2 atom stereocenters. The van der Waals surface area contributed by atoms with Crippen LogP contribution in [0.25, 0.3) is 10.9 Å². The number of carbonyl (C=O) groups is 2. The van der Waals surface area contributed by atoms with Crippen LogP contribution in [0.3, 0.4) is 0 Å². The molecular weight excluding hydrogens is 430 g/mol. The smallest absolute Gasteiger partial charge is 0.217 e. The number of aliphatic carboxylic acids is 1. The molecule has 180 valence electrons. The van der Waals surface area contributed by atoms with Gasteiger partial charge in [0.15, 0.2) is 6.04 Å². The summed E-state index contributed by atoms with van der Waals surface area (Å²) >= 11 is 0. The van der Waals surface area contributed by atoms with Gasteiger partial charge in [-0.05, 0) is 47.7 Å². The van der Waals surface area contributed by atoms with Crippen molar-refractivity contribution < 1.29 is 24.7 Å². The second-order valence-electron chi connectivity index (χ2n) is 9.48. The van der Waals surface area contributed by atoms with Crippen LogP contribution >= 0.6 is 0 Å². The van der Waals surface area contributed by atoms with E-state index in [1.165, 1.54) is 40.2 Å². The van der Waals surface area contributed by atoms with E-state index in [-0.39, 0.29) is 11.8 Å². The Morgan fingerprint density at radius 2 is 2.00 bits per heavy atom. The van der Waals surface area contributed by atoms with E-state index in [0.717, 1.165) is 31.7 Å². The van der Waals surface area contributed by atoms with Crippen molar-refractivity contribution in [2.75, 3.05) is 13.2 Å². The summed E-state index contributed by atoms with van der Waals surface area (Å²) < 4.78 is 5.64. The molecule has 1 aromatic heterocycles. The van der Waals surface area contributed by atoms with E-state index in [1.54, 1.807) is 0 Å². The van der Waals surface area contributed by atoms with Crippen molar-refractivity contribution >= 4 is 22.8 Å². The highest BCUT2D eigenvalue weighted by Crippen LogP contribution is 2.33. The predicted octanol–water partition coefficient (Wildman–Crippen LogP) is 1.60. The van der Waals surface area contributed by atoms with Crippen LogP contribution in [-0.2, 0) is 22.4 Å². The first-order valence-corrected chi connectivity index (χ1v) is 12.0. The highest BCUT2D eigenvalue weighted by atomic mass is 16.5. The number of carboxylic acids is 1. The van der Waals surface area contributed by atoms with Crippen molar-refractivity contribution in [3.8, 4) is 5.75 Å². The van der Waals surface area contributed by atoms with E-state index in [2.05, 4.69) is 58.1 Å². The topological polar surface area (TPSA) is 111 Å². The van der Waals surface area contributed by atoms with E-state index in [9.17, 15) is 14.7 Å². The molecule has 7 heteroatoms. The van der Waals surface area contributed by atoms with Crippen LogP contribution in [0.4, 0.5) is 0 Å².